The third-order valence-electron chi connectivity index (χ3n) is 0.743. The normalized spacial score (nSPS) is 8.57. The standard InChI is InChI=1S/C6H5.Sm/c1-2-4-6-5-3-1;/h1-5H;. The molecule has 0 spiro atoms. The van der Waals surface area contributed by atoms with Gasteiger partial charge in [0.2, 0.25) is 0 Å². The summed E-state index contributed by atoms with van der Waals surface area (Å²) in [6, 6.07) is 10.4. The second-order valence-electron chi connectivity index (χ2n) is 1.31. The van der Waals surface area contributed by atoms with Crippen molar-refractivity contribution < 1.29 is 38.3 Å². The summed E-state index contributed by atoms with van der Waals surface area (Å²) in [5.74, 6) is 0. The first-order chi connectivity index (χ1) is 3.39. The van der Waals surface area contributed by atoms with Crippen molar-refractivity contribution >= 4 is 1.28 Å². The molecule has 0 N–H and O–H groups in total. The van der Waals surface area contributed by atoms with Crippen LogP contribution in [0.15, 0.2) is 30.3 Å². The van der Waals surface area contributed by atoms with E-state index in [0.29, 0.717) is 0 Å². The van der Waals surface area contributed by atoms with Crippen LogP contribution in [0.2, 0.25) is 0 Å². The molecule has 0 bridgehead atoms. The first-order valence-corrected chi connectivity index (χ1v) is 3.42. The number of hydrogen-bond donors (Lipinski definition) is 0. The molecule has 0 unspecified atom stereocenters. The van der Waals surface area contributed by atoms with Gasteiger partial charge in [0.25, 0.3) is 0 Å². The molecule has 0 radical (unpaired) electrons. The van der Waals surface area contributed by atoms with Crippen LogP contribution in [0.25, 0.3) is 0 Å². The van der Waals surface area contributed by atoms with Crippen LogP contribution in [0, 0.1) is 38.3 Å². The topological polar surface area (TPSA) is 0 Å². The zero-order chi connectivity index (χ0) is 5.11. The summed E-state index contributed by atoms with van der Waals surface area (Å²) in [5, 5.41) is 0. The Morgan fingerprint density at radius 1 is 1.00 bits per heavy atom. The van der Waals surface area contributed by atoms with Crippen molar-refractivity contribution in [2.75, 3.05) is 0 Å². The first kappa shape index (κ1) is 5.69. The molecule has 0 heterocycles. The summed E-state index contributed by atoms with van der Waals surface area (Å²) in [5.41, 5.74) is 0. The Balaban J connectivity index is 3.02. The van der Waals surface area contributed by atoms with Gasteiger partial charge in [-0.3, -0.25) is 0 Å². The average Bonchev–Trinajstić information content (AvgIpc) is 1.69. The molecule has 0 amide bonds. The molecule has 1 aromatic rings. The molecule has 0 aromatic heterocycles. The maximum atomic E-state index is 2.12. The van der Waals surface area contributed by atoms with Gasteiger partial charge >= 0.3 is 70.0 Å². The van der Waals surface area contributed by atoms with Crippen molar-refractivity contribution in [1.82, 2.24) is 0 Å². The number of hydrogen-bond acceptors (Lipinski definition) is 0. The van der Waals surface area contributed by atoms with Gasteiger partial charge in [0, 0.05) is 0 Å². The van der Waals surface area contributed by atoms with E-state index in [0.717, 1.165) is 0 Å². The second-order valence-corrected chi connectivity index (χ2v) is 2.83. The summed E-state index contributed by atoms with van der Waals surface area (Å²) in [7, 11) is 0. The molecule has 1 rings (SSSR count). The molecule has 0 aliphatic carbocycles. The molecule has 0 nitrogen and oxygen atoms in total. The van der Waals surface area contributed by atoms with Crippen molar-refractivity contribution in [3.63, 3.8) is 0 Å². The van der Waals surface area contributed by atoms with Gasteiger partial charge < -0.3 is 0 Å². The van der Waals surface area contributed by atoms with Crippen LogP contribution >= 0.6 is 0 Å². The molecule has 7 heavy (non-hydrogen) atoms. The molecule has 0 saturated carbocycles. The Labute approximate surface area is 69.2 Å². The van der Waals surface area contributed by atoms with Crippen LogP contribution in [-0.2, 0) is 0 Å². The number of rotatable bonds is 0. The van der Waals surface area contributed by atoms with Gasteiger partial charge in [-0.25, -0.2) is 0 Å². The molecule has 0 saturated heterocycles. The SMILES string of the molecule is [Sm][c]1ccccc1. The van der Waals surface area contributed by atoms with Crippen LogP contribution in [-0.4, -0.2) is 0 Å². The molecule has 0 aliphatic rings. The molecule has 0 atom stereocenters. The fraction of sp³-hybridized carbons (Fsp3) is 0. The zero-order valence-electron chi connectivity index (χ0n) is 3.79. The van der Waals surface area contributed by atoms with Crippen molar-refractivity contribution in [3.8, 4) is 0 Å². The van der Waals surface area contributed by atoms with E-state index in [2.05, 4.69) is 24.3 Å². The van der Waals surface area contributed by atoms with Gasteiger partial charge in [-0.05, 0) is 0 Å². The Morgan fingerprint density at radius 2 is 1.57 bits per heavy atom. The Kier molecular flexibility index (Phi) is 2.25. The van der Waals surface area contributed by atoms with Crippen LogP contribution in [0.5, 0.6) is 0 Å². The number of benzene rings is 1. The van der Waals surface area contributed by atoms with E-state index < -0.39 is 0 Å². The van der Waals surface area contributed by atoms with E-state index in [-0.39, 0.29) is 0 Å². The molecule has 0 fully saturated rings. The van der Waals surface area contributed by atoms with Crippen LogP contribution < -0.4 is 1.28 Å². The van der Waals surface area contributed by atoms with Gasteiger partial charge in [0.05, 0.1) is 0 Å². The summed E-state index contributed by atoms with van der Waals surface area (Å²) in [4.78, 5) is 0. The van der Waals surface area contributed by atoms with E-state index >= 15 is 0 Å². The van der Waals surface area contributed by atoms with Crippen LogP contribution in [0.1, 0.15) is 0 Å². The summed E-state index contributed by atoms with van der Waals surface area (Å²) >= 11 is 1.54. The van der Waals surface area contributed by atoms with Crippen LogP contribution in [0.3, 0.4) is 0 Å². The van der Waals surface area contributed by atoms with Gasteiger partial charge in [-0.2, -0.15) is 0 Å². The average molecular weight is 227 g/mol. The van der Waals surface area contributed by atoms with E-state index in [1.807, 2.05) is 6.07 Å². The van der Waals surface area contributed by atoms with Gasteiger partial charge in [0.1, 0.15) is 0 Å². The Bertz CT molecular complexity index is 134. The van der Waals surface area contributed by atoms with Gasteiger partial charge in [-0.15, -0.1) is 0 Å². The molecular weight excluding hydrogens is 222 g/mol. The predicted molar refractivity (Wildman–Crippen MR) is 26.1 cm³/mol. The van der Waals surface area contributed by atoms with Gasteiger partial charge in [-0.1, -0.05) is 0 Å². The zero-order valence-corrected chi connectivity index (χ0v) is 6.41. The third-order valence-corrected chi connectivity index (χ3v) is 1.62. The quantitative estimate of drug-likeness (QED) is 0.617. The molecular formula is C6H5Sm. The van der Waals surface area contributed by atoms with E-state index in [1.165, 1.54) is 39.6 Å². The minimum absolute atomic E-state index is 1.41. The van der Waals surface area contributed by atoms with Gasteiger partial charge in [0.15, 0.2) is 0 Å². The van der Waals surface area contributed by atoms with Crippen molar-refractivity contribution in [1.29, 1.82) is 0 Å². The summed E-state index contributed by atoms with van der Waals surface area (Å²) < 4.78 is 1.41. The molecule has 0 aliphatic heterocycles. The van der Waals surface area contributed by atoms with Crippen molar-refractivity contribution in [2.24, 2.45) is 0 Å². The molecule has 1 aromatic carbocycles. The second kappa shape index (κ2) is 2.77. The van der Waals surface area contributed by atoms with E-state index in [4.69, 9.17) is 0 Å². The van der Waals surface area contributed by atoms with E-state index in [1.54, 1.807) is 0 Å². The predicted octanol–water partition coefficient (Wildman–Crippen LogP) is 0.861. The maximum absolute atomic E-state index is 2.12. The minimum atomic E-state index is 1.41. The monoisotopic (exact) mass is 229 g/mol. The summed E-state index contributed by atoms with van der Waals surface area (Å²) in [6.07, 6.45) is 0. The first-order valence-electron chi connectivity index (χ1n) is 2.11. The Hall–Kier alpha value is 0.558. The van der Waals surface area contributed by atoms with E-state index in [9.17, 15) is 0 Å². The fourth-order valence-corrected chi connectivity index (χ4v) is 0.925. The van der Waals surface area contributed by atoms with Crippen molar-refractivity contribution in [3.05, 3.63) is 30.3 Å². The van der Waals surface area contributed by atoms with Crippen LogP contribution in [0.4, 0.5) is 0 Å². The molecule has 35 valence electrons. The van der Waals surface area contributed by atoms with Crippen molar-refractivity contribution in [2.45, 2.75) is 0 Å². The summed E-state index contributed by atoms with van der Waals surface area (Å²) in [6.45, 7) is 0. The fourth-order valence-electron chi connectivity index (χ4n) is 0.420. The third kappa shape index (κ3) is 1.86. The molecule has 1 heteroatoms. The Morgan fingerprint density at radius 3 is 1.86 bits per heavy atom.